The molecule has 0 bridgehead atoms. The van der Waals surface area contributed by atoms with Gasteiger partial charge in [0.25, 0.3) is 0 Å². The second-order valence-electron chi connectivity index (χ2n) is 4.48. The van der Waals surface area contributed by atoms with Gasteiger partial charge in [-0.05, 0) is 19.4 Å². The molecule has 0 aliphatic heterocycles. The molecular weight excluding hydrogens is 198 g/mol. The lowest BCUT2D eigenvalue weighted by molar-refractivity contribution is 0.215. The Morgan fingerprint density at radius 3 is 2.50 bits per heavy atom. The molecule has 90 valence electrons. The largest absolute Gasteiger partial charge is 0.490 e. The fourth-order valence-electron chi connectivity index (χ4n) is 1.38. The van der Waals surface area contributed by atoms with Crippen molar-refractivity contribution < 1.29 is 4.74 Å². The van der Waals surface area contributed by atoms with Gasteiger partial charge in [0.2, 0.25) is 0 Å². The highest BCUT2D eigenvalue weighted by atomic mass is 16.5. The molecule has 2 heteroatoms. The zero-order chi connectivity index (χ0) is 12.0. The highest BCUT2D eigenvalue weighted by molar-refractivity contribution is 5.33. The highest BCUT2D eigenvalue weighted by Gasteiger charge is 2.06. The molecule has 0 aliphatic rings. The van der Waals surface area contributed by atoms with Gasteiger partial charge in [0.05, 0.1) is 6.10 Å². The van der Waals surface area contributed by atoms with E-state index in [1.165, 1.54) is 5.56 Å². The molecule has 0 saturated carbocycles. The Labute approximate surface area is 99.0 Å². The van der Waals surface area contributed by atoms with E-state index < -0.39 is 0 Å². The minimum absolute atomic E-state index is 0.278. The van der Waals surface area contributed by atoms with Crippen LogP contribution in [0.15, 0.2) is 24.3 Å². The average Bonchev–Trinajstić information content (AvgIpc) is 2.27. The summed E-state index contributed by atoms with van der Waals surface area (Å²) in [5, 5.41) is 3.41. The van der Waals surface area contributed by atoms with E-state index >= 15 is 0 Å². The van der Waals surface area contributed by atoms with Crippen molar-refractivity contribution >= 4 is 0 Å². The zero-order valence-corrected chi connectivity index (χ0v) is 10.8. The molecule has 0 fully saturated rings. The van der Waals surface area contributed by atoms with Crippen LogP contribution in [0.1, 0.15) is 39.7 Å². The van der Waals surface area contributed by atoms with E-state index in [0.29, 0.717) is 6.04 Å². The fourth-order valence-corrected chi connectivity index (χ4v) is 1.38. The second kappa shape index (κ2) is 6.54. The summed E-state index contributed by atoms with van der Waals surface area (Å²) in [5.74, 6) is 1.00. The third-order valence-electron chi connectivity index (χ3n) is 2.58. The molecule has 1 aromatic carbocycles. The Kier molecular flexibility index (Phi) is 5.33. The topological polar surface area (TPSA) is 21.3 Å². The number of hydrogen-bond donors (Lipinski definition) is 1. The SMILES string of the molecule is CC[C@@H](C)Oc1ccccc1CNC(C)C. The molecule has 0 spiro atoms. The standard InChI is InChI=1S/C14H23NO/c1-5-12(4)16-14-9-7-6-8-13(14)10-15-11(2)3/h6-9,11-12,15H,5,10H2,1-4H3/t12-/m1/s1. The molecule has 1 rings (SSSR count). The van der Waals surface area contributed by atoms with Crippen molar-refractivity contribution in [3.8, 4) is 5.75 Å². The first kappa shape index (κ1) is 13.0. The number of benzene rings is 1. The molecule has 0 heterocycles. The van der Waals surface area contributed by atoms with Crippen molar-refractivity contribution in [2.45, 2.75) is 52.8 Å². The van der Waals surface area contributed by atoms with Gasteiger partial charge in [-0.25, -0.2) is 0 Å². The third-order valence-corrected chi connectivity index (χ3v) is 2.58. The number of nitrogens with one attached hydrogen (secondary N) is 1. The lowest BCUT2D eigenvalue weighted by Crippen LogP contribution is -2.22. The molecule has 1 atom stereocenters. The lowest BCUT2D eigenvalue weighted by Gasteiger charge is -2.17. The molecule has 0 radical (unpaired) electrons. The normalized spacial score (nSPS) is 12.8. The van der Waals surface area contributed by atoms with Crippen molar-refractivity contribution in [1.29, 1.82) is 0 Å². The smallest absolute Gasteiger partial charge is 0.124 e. The van der Waals surface area contributed by atoms with Gasteiger partial charge >= 0.3 is 0 Å². The summed E-state index contributed by atoms with van der Waals surface area (Å²) >= 11 is 0. The minimum Gasteiger partial charge on any atom is -0.490 e. The number of ether oxygens (including phenoxy) is 1. The van der Waals surface area contributed by atoms with Gasteiger partial charge < -0.3 is 10.1 Å². The molecule has 0 unspecified atom stereocenters. The van der Waals surface area contributed by atoms with Crippen LogP contribution in [0.3, 0.4) is 0 Å². The van der Waals surface area contributed by atoms with E-state index in [1.54, 1.807) is 0 Å². The van der Waals surface area contributed by atoms with Gasteiger partial charge in [0, 0.05) is 18.2 Å². The Morgan fingerprint density at radius 1 is 1.19 bits per heavy atom. The van der Waals surface area contributed by atoms with Crippen LogP contribution in [0.5, 0.6) is 5.75 Å². The Balaban J connectivity index is 2.67. The molecule has 0 aromatic heterocycles. The maximum Gasteiger partial charge on any atom is 0.124 e. The predicted octanol–water partition coefficient (Wildman–Crippen LogP) is 3.36. The summed E-state index contributed by atoms with van der Waals surface area (Å²) in [4.78, 5) is 0. The summed E-state index contributed by atoms with van der Waals surface area (Å²) in [7, 11) is 0. The summed E-state index contributed by atoms with van der Waals surface area (Å²) in [6, 6.07) is 8.74. The molecule has 0 aliphatic carbocycles. The van der Waals surface area contributed by atoms with Gasteiger partial charge in [-0.3, -0.25) is 0 Å². The van der Waals surface area contributed by atoms with Crippen molar-refractivity contribution in [3.05, 3.63) is 29.8 Å². The molecule has 0 amide bonds. The summed E-state index contributed by atoms with van der Waals surface area (Å²) in [5.41, 5.74) is 1.23. The van der Waals surface area contributed by atoms with E-state index in [-0.39, 0.29) is 6.10 Å². The van der Waals surface area contributed by atoms with Crippen LogP contribution in [0.4, 0.5) is 0 Å². The first-order valence-electron chi connectivity index (χ1n) is 6.11. The fraction of sp³-hybridized carbons (Fsp3) is 0.571. The summed E-state index contributed by atoms with van der Waals surface area (Å²) in [6.07, 6.45) is 1.31. The van der Waals surface area contributed by atoms with Crippen molar-refractivity contribution in [2.24, 2.45) is 0 Å². The average molecular weight is 221 g/mol. The van der Waals surface area contributed by atoms with Gasteiger partial charge in [0.1, 0.15) is 5.75 Å². The Bertz CT molecular complexity index is 309. The second-order valence-corrected chi connectivity index (χ2v) is 4.48. The minimum atomic E-state index is 0.278. The maximum absolute atomic E-state index is 5.89. The van der Waals surface area contributed by atoms with Crippen molar-refractivity contribution in [1.82, 2.24) is 5.32 Å². The van der Waals surface area contributed by atoms with E-state index in [2.05, 4.69) is 45.1 Å². The van der Waals surface area contributed by atoms with Crippen LogP contribution in [-0.2, 0) is 6.54 Å². The van der Waals surface area contributed by atoms with Crippen LogP contribution >= 0.6 is 0 Å². The van der Waals surface area contributed by atoms with Crippen LogP contribution < -0.4 is 10.1 Å². The van der Waals surface area contributed by atoms with Gasteiger partial charge in [-0.15, -0.1) is 0 Å². The first-order chi connectivity index (χ1) is 7.63. The zero-order valence-electron chi connectivity index (χ0n) is 10.8. The predicted molar refractivity (Wildman–Crippen MR) is 68.8 cm³/mol. The Morgan fingerprint density at radius 2 is 1.88 bits per heavy atom. The van der Waals surface area contributed by atoms with E-state index in [9.17, 15) is 0 Å². The summed E-state index contributed by atoms with van der Waals surface area (Å²) in [6.45, 7) is 9.41. The van der Waals surface area contributed by atoms with Crippen LogP contribution in [0, 0.1) is 0 Å². The van der Waals surface area contributed by atoms with Crippen molar-refractivity contribution in [3.63, 3.8) is 0 Å². The van der Waals surface area contributed by atoms with E-state index in [0.717, 1.165) is 18.7 Å². The number of hydrogen-bond acceptors (Lipinski definition) is 2. The quantitative estimate of drug-likeness (QED) is 0.795. The molecule has 2 nitrogen and oxygen atoms in total. The van der Waals surface area contributed by atoms with Gasteiger partial charge in [-0.1, -0.05) is 39.0 Å². The Hall–Kier alpha value is -1.02. The maximum atomic E-state index is 5.89. The van der Waals surface area contributed by atoms with Crippen molar-refractivity contribution in [2.75, 3.05) is 0 Å². The van der Waals surface area contributed by atoms with E-state index in [4.69, 9.17) is 4.74 Å². The first-order valence-corrected chi connectivity index (χ1v) is 6.11. The monoisotopic (exact) mass is 221 g/mol. The van der Waals surface area contributed by atoms with Crippen LogP contribution in [0.2, 0.25) is 0 Å². The van der Waals surface area contributed by atoms with Gasteiger partial charge in [0.15, 0.2) is 0 Å². The lowest BCUT2D eigenvalue weighted by atomic mass is 10.2. The van der Waals surface area contributed by atoms with E-state index in [1.807, 2.05) is 12.1 Å². The highest BCUT2D eigenvalue weighted by Crippen LogP contribution is 2.19. The molecular formula is C14H23NO. The third kappa shape index (κ3) is 4.23. The molecule has 16 heavy (non-hydrogen) atoms. The molecule has 0 saturated heterocycles. The molecule has 1 N–H and O–H groups in total. The van der Waals surface area contributed by atoms with Crippen LogP contribution in [0.25, 0.3) is 0 Å². The number of para-hydroxylation sites is 1. The summed E-state index contributed by atoms with van der Waals surface area (Å²) < 4.78 is 5.89. The molecule has 1 aromatic rings. The van der Waals surface area contributed by atoms with Gasteiger partial charge in [-0.2, -0.15) is 0 Å². The van der Waals surface area contributed by atoms with Crippen LogP contribution in [-0.4, -0.2) is 12.1 Å². The number of rotatable bonds is 6.